The van der Waals surface area contributed by atoms with Crippen molar-refractivity contribution in [2.45, 2.75) is 13.8 Å². The van der Waals surface area contributed by atoms with Crippen LogP contribution >= 0.6 is 0 Å². The molecule has 0 fully saturated rings. The number of pyridine rings is 1. The van der Waals surface area contributed by atoms with Crippen molar-refractivity contribution in [3.8, 4) is 0 Å². The first-order valence-electron chi connectivity index (χ1n) is 8.01. The Kier molecular flexibility index (Phi) is 6.06. The highest BCUT2D eigenvalue weighted by Gasteiger charge is 2.17. The largest absolute Gasteiger partial charge is 0.452 e. The molecule has 130 valence electrons. The Labute approximate surface area is 147 Å². The number of amides is 1. The monoisotopic (exact) mass is 338 g/mol. The van der Waals surface area contributed by atoms with Crippen molar-refractivity contribution in [2.24, 2.45) is 0 Å². The molecule has 25 heavy (non-hydrogen) atoms. The van der Waals surface area contributed by atoms with Gasteiger partial charge in [-0.25, -0.2) is 4.79 Å². The molecule has 0 bridgehead atoms. The molecule has 0 atom stereocenters. The van der Waals surface area contributed by atoms with Gasteiger partial charge in [-0.1, -0.05) is 23.8 Å². The van der Waals surface area contributed by atoms with Crippen LogP contribution in [-0.2, 0) is 9.53 Å². The molecule has 1 aromatic heterocycles. The molecule has 0 aliphatic heterocycles. The van der Waals surface area contributed by atoms with Crippen molar-refractivity contribution >= 4 is 22.8 Å². The van der Waals surface area contributed by atoms with E-state index in [2.05, 4.69) is 18.1 Å². The van der Waals surface area contributed by atoms with Gasteiger partial charge in [-0.2, -0.15) is 0 Å². The summed E-state index contributed by atoms with van der Waals surface area (Å²) >= 11 is 0. The van der Waals surface area contributed by atoms with E-state index in [-0.39, 0.29) is 12.5 Å². The summed E-state index contributed by atoms with van der Waals surface area (Å²) in [5, 5.41) is 0.720. The second-order valence-corrected chi connectivity index (χ2v) is 5.78. The topological polar surface area (TPSA) is 59.5 Å². The van der Waals surface area contributed by atoms with Crippen LogP contribution in [0.5, 0.6) is 0 Å². The molecule has 5 nitrogen and oxygen atoms in total. The van der Waals surface area contributed by atoms with Gasteiger partial charge in [0.15, 0.2) is 6.61 Å². The molecule has 1 amide bonds. The minimum Gasteiger partial charge on any atom is -0.452 e. The molecular weight excluding hydrogens is 316 g/mol. The van der Waals surface area contributed by atoms with Crippen molar-refractivity contribution in [1.29, 1.82) is 0 Å². The highest BCUT2D eigenvalue weighted by Crippen LogP contribution is 2.20. The van der Waals surface area contributed by atoms with Crippen LogP contribution < -0.4 is 0 Å². The summed E-state index contributed by atoms with van der Waals surface area (Å²) in [6.07, 6.45) is 3.23. The average molecular weight is 338 g/mol. The number of hydrogen-bond acceptors (Lipinski definition) is 4. The second-order valence-electron chi connectivity index (χ2n) is 5.78. The van der Waals surface area contributed by atoms with Gasteiger partial charge in [0.1, 0.15) is 0 Å². The fraction of sp³-hybridized carbons (Fsp3) is 0.250. The van der Waals surface area contributed by atoms with Crippen molar-refractivity contribution in [3.05, 3.63) is 66.4 Å². The number of ether oxygens (including phenoxy) is 1. The highest BCUT2D eigenvalue weighted by atomic mass is 16.5. The van der Waals surface area contributed by atoms with Gasteiger partial charge in [-0.05, 0) is 32.0 Å². The number of fused-ring (bicyclic) bond motifs is 1. The summed E-state index contributed by atoms with van der Waals surface area (Å²) in [5.74, 6) is -0.828. The molecule has 1 heterocycles. The van der Waals surface area contributed by atoms with Gasteiger partial charge in [0.05, 0.1) is 11.1 Å². The van der Waals surface area contributed by atoms with Crippen molar-refractivity contribution in [1.82, 2.24) is 9.88 Å². The minimum absolute atomic E-state index is 0.292. The smallest absolute Gasteiger partial charge is 0.339 e. The molecule has 2 aromatic rings. The summed E-state index contributed by atoms with van der Waals surface area (Å²) in [6, 6.07) is 7.38. The van der Waals surface area contributed by atoms with E-state index in [1.165, 1.54) is 4.90 Å². The van der Waals surface area contributed by atoms with E-state index in [1.807, 2.05) is 32.0 Å². The van der Waals surface area contributed by atoms with Crippen LogP contribution in [0, 0.1) is 13.8 Å². The zero-order valence-electron chi connectivity index (χ0n) is 14.6. The van der Waals surface area contributed by atoms with Crippen molar-refractivity contribution < 1.29 is 14.3 Å². The fourth-order valence-electron chi connectivity index (χ4n) is 2.53. The SMILES string of the molecule is C=CCN(CC=C)C(=O)COC(=O)c1cc(C)nc2ccc(C)cc12. The standard InChI is InChI=1S/C20H22N2O3/c1-5-9-22(10-6-2)19(23)13-25-20(24)17-12-15(4)21-18-8-7-14(3)11-16(17)18/h5-8,11-12H,1-2,9-10,13H2,3-4H3. The lowest BCUT2D eigenvalue weighted by Crippen LogP contribution is -2.35. The van der Waals surface area contributed by atoms with Crippen LogP contribution in [0.2, 0.25) is 0 Å². The number of aromatic nitrogens is 1. The van der Waals surface area contributed by atoms with E-state index >= 15 is 0 Å². The van der Waals surface area contributed by atoms with Crippen LogP contribution in [0.15, 0.2) is 49.6 Å². The number of carbonyl (C=O) groups excluding carboxylic acids is 2. The summed E-state index contributed by atoms with van der Waals surface area (Å²) in [5.41, 5.74) is 2.88. The summed E-state index contributed by atoms with van der Waals surface area (Å²) in [6.45, 7) is 11.4. The highest BCUT2D eigenvalue weighted by molar-refractivity contribution is 6.04. The van der Waals surface area contributed by atoms with Crippen LogP contribution in [0.4, 0.5) is 0 Å². The lowest BCUT2D eigenvalue weighted by molar-refractivity contribution is -0.133. The molecule has 2 rings (SSSR count). The Morgan fingerprint density at radius 1 is 1.16 bits per heavy atom. The number of benzene rings is 1. The third kappa shape index (κ3) is 4.53. The molecule has 0 N–H and O–H groups in total. The third-order valence-electron chi connectivity index (χ3n) is 3.69. The molecule has 0 saturated heterocycles. The number of aryl methyl sites for hydroxylation is 2. The Morgan fingerprint density at radius 2 is 1.84 bits per heavy atom. The van der Waals surface area contributed by atoms with Gasteiger partial charge in [0.2, 0.25) is 0 Å². The van der Waals surface area contributed by atoms with E-state index in [0.29, 0.717) is 18.7 Å². The maximum atomic E-state index is 12.5. The van der Waals surface area contributed by atoms with Gasteiger partial charge in [0, 0.05) is 24.2 Å². The second kappa shape index (κ2) is 8.24. The van der Waals surface area contributed by atoms with Crippen LogP contribution in [0.3, 0.4) is 0 Å². The average Bonchev–Trinajstić information content (AvgIpc) is 2.58. The summed E-state index contributed by atoms with van der Waals surface area (Å²) in [7, 11) is 0. The number of hydrogen-bond donors (Lipinski definition) is 0. The molecule has 0 saturated carbocycles. The molecule has 5 heteroatoms. The zero-order chi connectivity index (χ0) is 18.4. The summed E-state index contributed by atoms with van der Waals surface area (Å²) < 4.78 is 5.24. The van der Waals surface area contributed by atoms with E-state index in [0.717, 1.165) is 22.2 Å². The lowest BCUT2D eigenvalue weighted by Gasteiger charge is -2.19. The first-order valence-corrected chi connectivity index (χ1v) is 8.01. The first kappa shape index (κ1) is 18.4. The molecule has 0 aliphatic carbocycles. The number of rotatable bonds is 7. The van der Waals surface area contributed by atoms with Gasteiger partial charge < -0.3 is 9.64 Å². The van der Waals surface area contributed by atoms with E-state index in [9.17, 15) is 9.59 Å². The van der Waals surface area contributed by atoms with Crippen LogP contribution in [0.1, 0.15) is 21.6 Å². The Morgan fingerprint density at radius 3 is 2.48 bits per heavy atom. The first-order chi connectivity index (χ1) is 12.0. The van der Waals surface area contributed by atoms with Gasteiger partial charge in [0.25, 0.3) is 5.91 Å². The number of carbonyl (C=O) groups is 2. The van der Waals surface area contributed by atoms with E-state index in [1.54, 1.807) is 18.2 Å². The maximum Gasteiger partial charge on any atom is 0.339 e. The predicted octanol–water partition coefficient (Wildman–Crippen LogP) is 3.21. The minimum atomic E-state index is -0.536. The van der Waals surface area contributed by atoms with Gasteiger partial charge in [-0.3, -0.25) is 9.78 Å². The Hall–Kier alpha value is -2.95. The molecule has 0 radical (unpaired) electrons. The molecular formula is C20H22N2O3. The molecule has 0 spiro atoms. The Bertz CT molecular complexity index is 817. The van der Waals surface area contributed by atoms with Crippen LogP contribution in [0.25, 0.3) is 10.9 Å². The molecule has 0 aliphatic rings. The van der Waals surface area contributed by atoms with Gasteiger partial charge >= 0.3 is 5.97 Å². The van der Waals surface area contributed by atoms with Gasteiger partial charge in [-0.15, -0.1) is 13.2 Å². The van der Waals surface area contributed by atoms with E-state index < -0.39 is 5.97 Å². The van der Waals surface area contributed by atoms with Crippen molar-refractivity contribution in [2.75, 3.05) is 19.7 Å². The third-order valence-corrected chi connectivity index (χ3v) is 3.69. The maximum absolute atomic E-state index is 12.5. The van der Waals surface area contributed by atoms with Crippen molar-refractivity contribution in [3.63, 3.8) is 0 Å². The van der Waals surface area contributed by atoms with E-state index in [4.69, 9.17) is 4.74 Å². The predicted molar refractivity (Wildman–Crippen MR) is 98.5 cm³/mol. The van der Waals surface area contributed by atoms with Crippen LogP contribution in [-0.4, -0.2) is 41.5 Å². The molecule has 1 aromatic carbocycles. The summed E-state index contributed by atoms with van der Waals surface area (Å²) in [4.78, 5) is 30.6. The molecule has 0 unspecified atom stereocenters. The number of nitrogens with zero attached hydrogens (tertiary/aromatic N) is 2. The quantitative estimate of drug-likeness (QED) is 0.574. The zero-order valence-corrected chi connectivity index (χ0v) is 14.6. The fourth-order valence-corrected chi connectivity index (χ4v) is 2.53. The number of esters is 1. The lowest BCUT2D eigenvalue weighted by atomic mass is 10.1. The normalized spacial score (nSPS) is 10.3. The Balaban J connectivity index is 2.19.